The van der Waals surface area contributed by atoms with Crippen LogP contribution in [-0.2, 0) is 5.41 Å². The molecule has 1 aliphatic rings. The zero-order valence-corrected chi connectivity index (χ0v) is 13.8. The number of allylic oxidation sites excluding steroid dienone is 1. The highest BCUT2D eigenvalue weighted by atomic mass is 35.5. The zero-order chi connectivity index (χ0) is 15.2. The molecule has 0 amide bonds. The fourth-order valence-corrected chi connectivity index (χ4v) is 3.17. The van der Waals surface area contributed by atoms with Gasteiger partial charge < -0.3 is 0 Å². The average Bonchev–Trinajstić information content (AvgIpc) is 2.74. The maximum atomic E-state index is 6.47. The zero-order valence-electron chi connectivity index (χ0n) is 13.1. The Hall–Kier alpha value is -1.53. The van der Waals surface area contributed by atoms with E-state index in [1.807, 2.05) is 0 Å². The van der Waals surface area contributed by atoms with Crippen molar-refractivity contribution < 1.29 is 0 Å². The minimum Gasteiger partial charge on any atom is -0.113 e. The normalized spacial score (nSPS) is 17.6. The van der Waals surface area contributed by atoms with Crippen LogP contribution in [-0.4, -0.2) is 0 Å². The summed E-state index contributed by atoms with van der Waals surface area (Å²) in [6.07, 6.45) is 2.22. The number of alkyl halides is 1. The lowest BCUT2D eigenvalue weighted by Gasteiger charge is -2.19. The predicted octanol–water partition coefficient (Wildman–Crippen LogP) is 6.35. The molecule has 1 aliphatic carbocycles. The van der Waals surface area contributed by atoms with E-state index in [2.05, 4.69) is 76.2 Å². The largest absolute Gasteiger partial charge is 0.113 e. The molecule has 0 spiro atoms. The minimum absolute atomic E-state index is 0.0220. The molecule has 0 nitrogen and oxygen atoms in total. The third kappa shape index (κ3) is 2.53. The Morgan fingerprint density at radius 3 is 2.24 bits per heavy atom. The van der Waals surface area contributed by atoms with E-state index in [1.165, 1.54) is 33.4 Å². The molecule has 1 unspecified atom stereocenters. The molecular weight excluding hydrogens is 276 g/mol. The van der Waals surface area contributed by atoms with Crippen molar-refractivity contribution in [1.29, 1.82) is 0 Å². The van der Waals surface area contributed by atoms with Crippen LogP contribution in [0, 0.1) is 0 Å². The van der Waals surface area contributed by atoms with Crippen LogP contribution in [0.4, 0.5) is 0 Å². The monoisotopic (exact) mass is 296 g/mol. The summed E-state index contributed by atoms with van der Waals surface area (Å²) in [6.45, 7) is 8.83. The summed E-state index contributed by atoms with van der Waals surface area (Å²) in [7, 11) is 0. The molecule has 0 aliphatic heterocycles. The van der Waals surface area contributed by atoms with Crippen molar-refractivity contribution in [2.24, 2.45) is 0 Å². The van der Waals surface area contributed by atoms with Crippen molar-refractivity contribution in [2.75, 3.05) is 0 Å². The lowest BCUT2D eigenvalue weighted by Crippen LogP contribution is -2.10. The maximum Gasteiger partial charge on any atom is 0.0802 e. The van der Waals surface area contributed by atoms with Gasteiger partial charge in [-0.3, -0.25) is 0 Å². The molecule has 21 heavy (non-hydrogen) atoms. The van der Waals surface area contributed by atoms with Crippen LogP contribution in [0.5, 0.6) is 0 Å². The quantitative estimate of drug-likeness (QED) is 0.538. The van der Waals surface area contributed by atoms with E-state index in [9.17, 15) is 0 Å². The Morgan fingerprint density at radius 2 is 1.62 bits per heavy atom. The first-order valence-electron chi connectivity index (χ1n) is 7.44. The second kappa shape index (κ2) is 5.03. The molecule has 0 radical (unpaired) electrons. The van der Waals surface area contributed by atoms with Crippen molar-refractivity contribution in [3.05, 3.63) is 64.7 Å². The average molecular weight is 297 g/mol. The molecule has 0 heterocycles. The van der Waals surface area contributed by atoms with Gasteiger partial charge in [-0.1, -0.05) is 74.9 Å². The van der Waals surface area contributed by atoms with Crippen molar-refractivity contribution in [3.63, 3.8) is 0 Å². The van der Waals surface area contributed by atoms with Gasteiger partial charge in [0.25, 0.3) is 0 Å². The lowest BCUT2D eigenvalue weighted by atomic mass is 9.86. The molecule has 108 valence electrons. The molecule has 1 atom stereocenters. The van der Waals surface area contributed by atoms with Crippen molar-refractivity contribution in [1.82, 2.24) is 0 Å². The fraction of sp³-hybridized carbons (Fsp3) is 0.300. The van der Waals surface area contributed by atoms with Crippen molar-refractivity contribution in [2.45, 2.75) is 38.5 Å². The van der Waals surface area contributed by atoms with Crippen LogP contribution in [0.15, 0.2) is 48.0 Å². The van der Waals surface area contributed by atoms with Crippen LogP contribution in [0.25, 0.3) is 17.2 Å². The van der Waals surface area contributed by atoms with Crippen LogP contribution >= 0.6 is 11.6 Å². The number of hydrogen-bond donors (Lipinski definition) is 0. The Kier molecular flexibility index (Phi) is 3.45. The van der Waals surface area contributed by atoms with E-state index < -0.39 is 0 Å². The first kappa shape index (κ1) is 14.4. The number of rotatable bonds is 1. The first-order valence-corrected chi connectivity index (χ1v) is 7.87. The Labute approximate surface area is 132 Å². The van der Waals surface area contributed by atoms with E-state index in [0.29, 0.717) is 0 Å². The second-order valence-electron chi connectivity index (χ2n) is 6.89. The molecule has 0 bridgehead atoms. The highest BCUT2D eigenvalue weighted by molar-refractivity contribution is 6.24. The first-order chi connectivity index (χ1) is 9.88. The van der Waals surface area contributed by atoms with Gasteiger partial charge in [0.05, 0.1) is 5.38 Å². The van der Waals surface area contributed by atoms with Gasteiger partial charge in [-0.05, 0) is 40.2 Å². The van der Waals surface area contributed by atoms with Gasteiger partial charge in [-0.2, -0.15) is 0 Å². The standard InChI is InChI=1S/C20H21Cl/c1-13-12-18-16(6-5-7-17(18)19(13)21)14-8-10-15(11-9-14)20(2,3)4/h5-12,19H,1-4H3. The molecule has 0 N–H and O–H groups in total. The molecule has 0 fully saturated rings. The summed E-state index contributed by atoms with van der Waals surface area (Å²) in [5.74, 6) is 0. The number of halogens is 1. The number of hydrogen-bond acceptors (Lipinski definition) is 0. The van der Waals surface area contributed by atoms with Gasteiger partial charge >= 0.3 is 0 Å². The van der Waals surface area contributed by atoms with Gasteiger partial charge in [-0.25, -0.2) is 0 Å². The molecule has 3 rings (SSSR count). The van der Waals surface area contributed by atoms with Gasteiger partial charge in [0.1, 0.15) is 0 Å². The van der Waals surface area contributed by atoms with E-state index in [4.69, 9.17) is 11.6 Å². The summed E-state index contributed by atoms with van der Waals surface area (Å²) < 4.78 is 0. The van der Waals surface area contributed by atoms with Crippen LogP contribution < -0.4 is 0 Å². The molecular formula is C20H21Cl. The minimum atomic E-state index is 0.0220. The predicted molar refractivity (Wildman–Crippen MR) is 92.8 cm³/mol. The van der Waals surface area contributed by atoms with E-state index in [-0.39, 0.29) is 10.8 Å². The van der Waals surface area contributed by atoms with Gasteiger partial charge in [0, 0.05) is 0 Å². The Bertz CT molecular complexity index is 700. The summed E-state index contributed by atoms with van der Waals surface area (Å²) in [6, 6.07) is 15.3. The fourth-order valence-electron chi connectivity index (χ4n) is 2.91. The summed E-state index contributed by atoms with van der Waals surface area (Å²) in [4.78, 5) is 0. The van der Waals surface area contributed by atoms with E-state index >= 15 is 0 Å². The molecule has 0 saturated heterocycles. The van der Waals surface area contributed by atoms with Crippen molar-refractivity contribution >= 4 is 17.7 Å². The van der Waals surface area contributed by atoms with Crippen LogP contribution in [0.3, 0.4) is 0 Å². The van der Waals surface area contributed by atoms with Gasteiger partial charge in [0.2, 0.25) is 0 Å². The molecule has 2 aromatic carbocycles. The lowest BCUT2D eigenvalue weighted by molar-refractivity contribution is 0.590. The Balaban J connectivity index is 2.07. The van der Waals surface area contributed by atoms with Crippen molar-refractivity contribution in [3.8, 4) is 11.1 Å². The Morgan fingerprint density at radius 1 is 0.952 bits per heavy atom. The summed E-state index contributed by atoms with van der Waals surface area (Å²) in [5.41, 5.74) is 7.82. The van der Waals surface area contributed by atoms with Crippen LogP contribution in [0.1, 0.15) is 49.8 Å². The molecule has 2 aromatic rings. The van der Waals surface area contributed by atoms with E-state index in [0.717, 1.165) is 0 Å². The number of benzene rings is 2. The van der Waals surface area contributed by atoms with Gasteiger partial charge in [-0.15, -0.1) is 11.6 Å². The highest BCUT2D eigenvalue weighted by Crippen LogP contribution is 2.43. The maximum absolute atomic E-state index is 6.47. The smallest absolute Gasteiger partial charge is 0.0802 e. The third-order valence-corrected chi connectivity index (χ3v) is 4.83. The molecule has 1 heteroatoms. The van der Waals surface area contributed by atoms with Gasteiger partial charge in [0.15, 0.2) is 0 Å². The second-order valence-corrected chi connectivity index (χ2v) is 7.32. The SMILES string of the molecule is CC1=Cc2c(-c3ccc(C(C)(C)C)cc3)cccc2C1Cl. The third-order valence-electron chi connectivity index (χ3n) is 4.25. The topological polar surface area (TPSA) is 0 Å². The summed E-state index contributed by atoms with van der Waals surface area (Å²) in [5, 5.41) is 0.0220. The highest BCUT2D eigenvalue weighted by Gasteiger charge is 2.22. The summed E-state index contributed by atoms with van der Waals surface area (Å²) >= 11 is 6.47. The molecule has 0 saturated carbocycles. The number of fused-ring (bicyclic) bond motifs is 1. The van der Waals surface area contributed by atoms with E-state index in [1.54, 1.807) is 0 Å². The molecule has 0 aromatic heterocycles. The van der Waals surface area contributed by atoms with Crippen LogP contribution in [0.2, 0.25) is 0 Å².